The number of rotatable bonds is 7. The standard InChI is InChI=1S/C31H33F3N4O7/c1-29(2,3)44-28(42)38-16-13-30(14-17-38,18-25(39)37-45-27(41)31(32,33)34)36-26(40)21-10-8-20(9-11-21)19-43-24-12-15-35-23-7-5-4-6-22(23)24/h4-12,15H,13-14,16-19H2,1-3H3,(H,36,40)(H,37,39). The van der Waals surface area contributed by atoms with E-state index in [1.54, 1.807) is 57.3 Å². The maximum atomic E-state index is 13.3. The zero-order valence-electron chi connectivity index (χ0n) is 24.9. The van der Waals surface area contributed by atoms with Crippen LogP contribution in [0, 0.1) is 0 Å². The van der Waals surface area contributed by atoms with Gasteiger partial charge in [0.05, 0.1) is 17.5 Å². The molecule has 0 radical (unpaired) electrons. The van der Waals surface area contributed by atoms with Crippen molar-refractivity contribution in [2.45, 2.75) is 64.0 Å². The Kier molecular flexibility index (Phi) is 9.84. The van der Waals surface area contributed by atoms with Crippen LogP contribution in [-0.2, 0) is 25.8 Å². The minimum atomic E-state index is -5.30. The molecule has 0 saturated carbocycles. The highest BCUT2D eigenvalue weighted by Crippen LogP contribution is 2.29. The predicted molar refractivity (Wildman–Crippen MR) is 155 cm³/mol. The number of nitrogens with one attached hydrogen (secondary N) is 2. The number of hydrogen-bond donors (Lipinski definition) is 2. The Morgan fingerprint density at radius 2 is 1.62 bits per heavy atom. The van der Waals surface area contributed by atoms with Crippen LogP contribution in [-0.4, -0.2) is 64.2 Å². The SMILES string of the molecule is CC(C)(C)OC(=O)N1CCC(CC(=O)NOC(=O)C(F)(F)F)(NC(=O)c2ccc(COc3ccnc4ccccc34)cc2)CC1. The first-order valence-corrected chi connectivity index (χ1v) is 14.1. The number of benzene rings is 2. The fraction of sp³-hybridized carbons (Fsp3) is 0.387. The van der Waals surface area contributed by atoms with E-state index in [-0.39, 0.29) is 38.1 Å². The van der Waals surface area contributed by atoms with E-state index >= 15 is 0 Å². The largest absolute Gasteiger partial charge is 0.493 e. The van der Waals surface area contributed by atoms with Gasteiger partial charge in [-0.25, -0.2) is 9.59 Å². The Bertz CT molecular complexity index is 1540. The molecule has 3 aromatic rings. The molecule has 240 valence electrons. The van der Waals surface area contributed by atoms with E-state index < -0.39 is 47.6 Å². The van der Waals surface area contributed by atoms with E-state index in [2.05, 4.69) is 15.1 Å². The van der Waals surface area contributed by atoms with Gasteiger partial charge in [-0.3, -0.25) is 14.6 Å². The van der Waals surface area contributed by atoms with Crippen LogP contribution in [0.15, 0.2) is 60.8 Å². The molecule has 45 heavy (non-hydrogen) atoms. The van der Waals surface area contributed by atoms with Crippen molar-refractivity contribution in [1.82, 2.24) is 20.7 Å². The highest BCUT2D eigenvalue weighted by molar-refractivity contribution is 5.95. The molecule has 1 saturated heterocycles. The van der Waals surface area contributed by atoms with Gasteiger partial charge >= 0.3 is 18.2 Å². The zero-order valence-corrected chi connectivity index (χ0v) is 24.9. The van der Waals surface area contributed by atoms with Crippen LogP contribution < -0.4 is 15.5 Å². The second kappa shape index (κ2) is 13.4. The van der Waals surface area contributed by atoms with Gasteiger partial charge in [-0.1, -0.05) is 24.3 Å². The molecule has 0 atom stereocenters. The number of hydroxylamine groups is 1. The van der Waals surface area contributed by atoms with Crippen molar-refractivity contribution >= 4 is 34.8 Å². The second-order valence-corrected chi connectivity index (χ2v) is 11.6. The van der Waals surface area contributed by atoms with Crippen LogP contribution in [0.1, 0.15) is 56.0 Å². The molecule has 1 aliphatic rings. The first-order chi connectivity index (χ1) is 21.1. The third-order valence-electron chi connectivity index (χ3n) is 6.96. The molecule has 14 heteroatoms. The molecule has 1 aromatic heterocycles. The summed E-state index contributed by atoms with van der Waals surface area (Å²) in [6.45, 7) is 5.53. The summed E-state index contributed by atoms with van der Waals surface area (Å²) in [5.41, 5.74) is 1.31. The normalized spacial score (nSPS) is 14.8. The van der Waals surface area contributed by atoms with E-state index in [0.29, 0.717) is 5.75 Å². The Morgan fingerprint density at radius 3 is 2.27 bits per heavy atom. The number of aromatic nitrogens is 1. The molecule has 0 aliphatic carbocycles. The molecule has 4 rings (SSSR count). The number of ether oxygens (including phenoxy) is 2. The molecule has 11 nitrogen and oxygen atoms in total. The van der Waals surface area contributed by atoms with Crippen molar-refractivity contribution in [3.05, 3.63) is 71.9 Å². The highest BCUT2D eigenvalue weighted by Gasteiger charge is 2.43. The Balaban J connectivity index is 1.42. The third kappa shape index (κ3) is 9.06. The molecular weight excluding hydrogens is 597 g/mol. The lowest BCUT2D eigenvalue weighted by atomic mass is 9.83. The molecule has 0 bridgehead atoms. The quantitative estimate of drug-likeness (QED) is 0.354. The van der Waals surface area contributed by atoms with Crippen LogP contribution in [0.25, 0.3) is 10.9 Å². The molecule has 3 amide bonds. The Labute approximate surface area is 257 Å². The van der Waals surface area contributed by atoms with E-state index in [9.17, 15) is 32.3 Å². The van der Waals surface area contributed by atoms with E-state index in [1.807, 2.05) is 24.3 Å². The fourth-order valence-corrected chi connectivity index (χ4v) is 4.72. The molecule has 1 fully saturated rings. The number of fused-ring (bicyclic) bond motifs is 1. The molecular formula is C31H33F3N4O7. The van der Waals surface area contributed by atoms with Crippen molar-refractivity contribution in [2.75, 3.05) is 13.1 Å². The van der Waals surface area contributed by atoms with E-state index in [1.165, 1.54) is 10.4 Å². The van der Waals surface area contributed by atoms with Gasteiger partial charge in [-0.05, 0) is 69.5 Å². The van der Waals surface area contributed by atoms with Gasteiger partial charge in [0.25, 0.3) is 11.8 Å². The van der Waals surface area contributed by atoms with Crippen molar-refractivity contribution in [1.29, 1.82) is 0 Å². The summed E-state index contributed by atoms with van der Waals surface area (Å²) < 4.78 is 48.9. The van der Waals surface area contributed by atoms with Crippen LogP contribution >= 0.6 is 0 Å². The number of carbonyl (C=O) groups excluding carboxylic acids is 4. The summed E-state index contributed by atoms with van der Waals surface area (Å²) in [5, 5.41) is 3.68. The number of likely N-dealkylation sites (tertiary alicyclic amines) is 1. The Morgan fingerprint density at radius 1 is 0.956 bits per heavy atom. The summed E-state index contributed by atoms with van der Waals surface area (Å²) in [6, 6.07) is 15.9. The lowest BCUT2D eigenvalue weighted by Crippen LogP contribution is -2.58. The molecule has 0 spiro atoms. The number of para-hydroxylation sites is 1. The van der Waals surface area contributed by atoms with Crippen molar-refractivity contribution < 1.29 is 46.7 Å². The number of hydrogen-bond acceptors (Lipinski definition) is 8. The van der Waals surface area contributed by atoms with Gasteiger partial charge < -0.3 is 24.5 Å². The van der Waals surface area contributed by atoms with Crippen LogP contribution in [0.4, 0.5) is 18.0 Å². The number of carbonyl (C=O) groups is 4. The fourth-order valence-electron chi connectivity index (χ4n) is 4.72. The maximum Gasteiger partial charge on any atom is 0.493 e. The van der Waals surface area contributed by atoms with Crippen molar-refractivity contribution in [2.24, 2.45) is 0 Å². The minimum Gasteiger partial charge on any atom is -0.488 e. The number of alkyl halides is 3. The Hall–Kier alpha value is -4.88. The molecule has 2 aromatic carbocycles. The summed E-state index contributed by atoms with van der Waals surface area (Å²) in [4.78, 5) is 59.1. The van der Waals surface area contributed by atoms with Gasteiger partial charge in [0.2, 0.25) is 0 Å². The average Bonchev–Trinajstić information content (AvgIpc) is 2.98. The first kappa shape index (κ1) is 33.0. The van der Waals surface area contributed by atoms with Crippen molar-refractivity contribution in [3.8, 4) is 5.75 Å². The maximum absolute atomic E-state index is 13.3. The average molecular weight is 631 g/mol. The van der Waals surface area contributed by atoms with E-state index in [4.69, 9.17) is 9.47 Å². The second-order valence-electron chi connectivity index (χ2n) is 11.6. The van der Waals surface area contributed by atoms with Crippen LogP contribution in [0.3, 0.4) is 0 Å². The summed E-state index contributed by atoms with van der Waals surface area (Å²) in [7, 11) is 0. The molecule has 2 heterocycles. The number of halogens is 3. The van der Waals surface area contributed by atoms with Gasteiger partial charge in [0, 0.05) is 30.2 Å². The van der Waals surface area contributed by atoms with E-state index in [0.717, 1.165) is 16.5 Å². The number of amides is 3. The van der Waals surface area contributed by atoms with Gasteiger partial charge in [0.15, 0.2) is 0 Å². The van der Waals surface area contributed by atoms with Gasteiger partial charge in [-0.15, -0.1) is 0 Å². The number of nitrogens with zero attached hydrogens (tertiary/aromatic N) is 2. The monoisotopic (exact) mass is 630 g/mol. The zero-order chi connectivity index (χ0) is 32.8. The molecule has 1 aliphatic heterocycles. The molecule has 0 unspecified atom stereocenters. The molecule has 2 N–H and O–H groups in total. The topological polar surface area (TPSA) is 136 Å². The number of pyridine rings is 1. The van der Waals surface area contributed by atoms with Crippen LogP contribution in [0.2, 0.25) is 0 Å². The lowest BCUT2D eigenvalue weighted by Gasteiger charge is -2.42. The van der Waals surface area contributed by atoms with Gasteiger partial charge in [0.1, 0.15) is 18.0 Å². The summed E-state index contributed by atoms with van der Waals surface area (Å²) in [5.74, 6) is -3.54. The lowest BCUT2D eigenvalue weighted by molar-refractivity contribution is -0.207. The highest BCUT2D eigenvalue weighted by atomic mass is 19.4. The summed E-state index contributed by atoms with van der Waals surface area (Å²) in [6.07, 6.45) is -4.60. The third-order valence-corrected chi connectivity index (χ3v) is 6.96. The van der Waals surface area contributed by atoms with Crippen LogP contribution in [0.5, 0.6) is 5.75 Å². The number of piperidine rings is 1. The minimum absolute atomic E-state index is 0.0738. The summed E-state index contributed by atoms with van der Waals surface area (Å²) >= 11 is 0. The smallest absolute Gasteiger partial charge is 0.488 e. The first-order valence-electron chi connectivity index (χ1n) is 14.1. The van der Waals surface area contributed by atoms with Gasteiger partial charge in [-0.2, -0.15) is 18.7 Å². The van der Waals surface area contributed by atoms with Crippen molar-refractivity contribution in [3.63, 3.8) is 0 Å². The predicted octanol–water partition coefficient (Wildman–Crippen LogP) is 4.84.